The largest absolute Gasteiger partial charge is 0.493 e. The first-order valence-corrected chi connectivity index (χ1v) is 8.47. The van der Waals surface area contributed by atoms with Crippen LogP contribution in [-0.2, 0) is 16.6 Å². The molecule has 0 aliphatic carbocycles. The van der Waals surface area contributed by atoms with E-state index < -0.39 is 15.6 Å². The van der Waals surface area contributed by atoms with Gasteiger partial charge in [-0.2, -0.15) is 0 Å². The van der Waals surface area contributed by atoms with Gasteiger partial charge in [0, 0.05) is 24.2 Å². The third-order valence-corrected chi connectivity index (χ3v) is 3.75. The highest BCUT2D eigenvalue weighted by atomic mass is 32.2. The molecule has 0 saturated carbocycles. The Labute approximate surface area is 126 Å². The van der Waals surface area contributed by atoms with Crippen molar-refractivity contribution in [2.75, 3.05) is 27.0 Å². The van der Waals surface area contributed by atoms with Crippen molar-refractivity contribution < 1.29 is 17.9 Å². The molecule has 0 bridgehead atoms. The number of benzene rings is 1. The zero-order valence-corrected chi connectivity index (χ0v) is 14.0. The molecule has 1 rings (SSSR count). The second kappa shape index (κ2) is 7.11. The van der Waals surface area contributed by atoms with E-state index in [-0.39, 0.29) is 0 Å². The lowest BCUT2D eigenvalue weighted by Crippen LogP contribution is -2.49. The van der Waals surface area contributed by atoms with Gasteiger partial charge in [0.25, 0.3) is 0 Å². The normalized spacial score (nSPS) is 12.2. The first-order chi connectivity index (χ1) is 9.68. The van der Waals surface area contributed by atoms with Crippen molar-refractivity contribution in [2.24, 2.45) is 0 Å². The highest BCUT2D eigenvalue weighted by Gasteiger charge is 2.21. The van der Waals surface area contributed by atoms with Crippen LogP contribution in [0.2, 0.25) is 0 Å². The molecule has 21 heavy (non-hydrogen) atoms. The maximum absolute atomic E-state index is 11.3. The van der Waals surface area contributed by atoms with Gasteiger partial charge >= 0.3 is 0 Å². The maximum atomic E-state index is 11.3. The summed E-state index contributed by atoms with van der Waals surface area (Å²) in [6.45, 7) is 4.68. The molecule has 0 radical (unpaired) electrons. The molecule has 120 valence electrons. The Morgan fingerprint density at radius 3 is 2.38 bits per heavy atom. The summed E-state index contributed by atoms with van der Waals surface area (Å²) < 4.78 is 35.8. The van der Waals surface area contributed by atoms with Gasteiger partial charge in [-0.3, -0.25) is 0 Å². The van der Waals surface area contributed by atoms with E-state index in [9.17, 15) is 8.42 Å². The summed E-state index contributed by atoms with van der Waals surface area (Å²) in [5.74, 6) is 1.35. The third-order valence-electron chi connectivity index (χ3n) is 2.83. The van der Waals surface area contributed by atoms with Gasteiger partial charge in [-0.1, -0.05) is 12.1 Å². The van der Waals surface area contributed by atoms with Crippen molar-refractivity contribution in [2.45, 2.75) is 25.9 Å². The number of sulfonamides is 1. The third kappa shape index (κ3) is 5.91. The molecule has 1 aromatic rings. The van der Waals surface area contributed by atoms with Crippen LogP contribution in [0.3, 0.4) is 0 Å². The minimum absolute atomic E-state index is 0.487. The molecule has 0 aliphatic rings. The number of ether oxygens (including phenoxy) is 2. The minimum atomic E-state index is -3.24. The van der Waals surface area contributed by atoms with Gasteiger partial charge in [-0.05, 0) is 19.9 Å². The molecule has 0 spiro atoms. The Morgan fingerprint density at radius 1 is 1.19 bits per heavy atom. The second-order valence-corrected chi connectivity index (χ2v) is 7.26. The fourth-order valence-corrected chi connectivity index (χ4v) is 3.22. The zero-order chi connectivity index (χ0) is 16.1. The molecule has 7 heteroatoms. The van der Waals surface area contributed by atoms with Crippen molar-refractivity contribution >= 4 is 10.0 Å². The Balaban J connectivity index is 2.68. The lowest BCUT2D eigenvalue weighted by molar-refractivity contribution is 0.349. The molecule has 0 amide bonds. The average molecular weight is 316 g/mol. The van der Waals surface area contributed by atoms with Crippen LogP contribution in [0.5, 0.6) is 11.5 Å². The molecule has 6 nitrogen and oxygen atoms in total. The lowest BCUT2D eigenvalue weighted by atomic mass is 10.1. The zero-order valence-electron chi connectivity index (χ0n) is 13.2. The molecule has 0 saturated heterocycles. The molecule has 1 aromatic carbocycles. The van der Waals surface area contributed by atoms with Crippen LogP contribution >= 0.6 is 0 Å². The monoisotopic (exact) mass is 316 g/mol. The molecule has 0 atom stereocenters. The molecule has 0 aromatic heterocycles. The first kappa shape index (κ1) is 17.7. The van der Waals surface area contributed by atoms with Gasteiger partial charge in [-0.25, -0.2) is 13.1 Å². The van der Waals surface area contributed by atoms with Crippen LogP contribution in [0.4, 0.5) is 0 Å². The summed E-state index contributed by atoms with van der Waals surface area (Å²) in [4.78, 5) is 0. The van der Waals surface area contributed by atoms with Gasteiger partial charge < -0.3 is 14.8 Å². The van der Waals surface area contributed by atoms with Crippen molar-refractivity contribution in [3.05, 3.63) is 23.8 Å². The lowest BCUT2D eigenvalue weighted by Gasteiger charge is -2.25. The minimum Gasteiger partial charge on any atom is -0.493 e. The van der Waals surface area contributed by atoms with Crippen LogP contribution in [-0.4, -0.2) is 41.0 Å². The summed E-state index contributed by atoms with van der Waals surface area (Å²) in [6, 6.07) is 5.65. The fourth-order valence-electron chi connectivity index (χ4n) is 2.14. The highest BCUT2D eigenvalue weighted by molar-refractivity contribution is 7.88. The van der Waals surface area contributed by atoms with Gasteiger partial charge in [0.15, 0.2) is 11.5 Å². The number of rotatable bonds is 8. The van der Waals surface area contributed by atoms with E-state index in [1.54, 1.807) is 14.2 Å². The Morgan fingerprint density at radius 2 is 1.86 bits per heavy atom. The van der Waals surface area contributed by atoms with Gasteiger partial charge in [0.1, 0.15) is 0 Å². The Bertz CT molecular complexity index is 570. The van der Waals surface area contributed by atoms with E-state index in [0.717, 1.165) is 11.8 Å². The van der Waals surface area contributed by atoms with E-state index >= 15 is 0 Å². The molecular formula is C14H24N2O4S. The quantitative estimate of drug-likeness (QED) is 0.751. The summed E-state index contributed by atoms with van der Waals surface area (Å²) >= 11 is 0. The number of nitrogens with one attached hydrogen (secondary N) is 2. The number of methoxy groups -OCH3 is 2. The van der Waals surface area contributed by atoms with Crippen LogP contribution in [0.25, 0.3) is 0 Å². The van der Waals surface area contributed by atoms with Crippen molar-refractivity contribution in [1.29, 1.82) is 0 Å². The summed E-state index contributed by atoms with van der Waals surface area (Å²) in [7, 11) is -0.0498. The standard InChI is InChI=1S/C14H24N2O4S/c1-14(2,16-21(5,17)18)10-15-9-11-7-6-8-12(19-3)13(11)20-4/h6-8,15-16H,9-10H2,1-5H3. The van der Waals surface area contributed by atoms with E-state index in [4.69, 9.17) is 9.47 Å². The molecular weight excluding hydrogens is 292 g/mol. The molecule has 0 fully saturated rings. The maximum Gasteiger partial charge on any atom is 0.209 e. The van der Waals surface area contributed by atoms with Gasteiger partial charge in [0.05, 0.1) is 20.5 Å². The summed E-state index contributed by atoms with van der Waals surface area (Å²) in [5.41, 5.74) is 0.381. The fraction of sp³-hybridized carbons (Fsp3) is 0.571. The van der Waals surface area contributed by atoms with Gasteiger partial charge in [-0.15, -0.1) is 0 Å². The number of hydrogen-bond acceptors (Lipinski definition) is 5. The summed E-state index contributed by atoms with van der Waals surface area (Å²) in [5, 5.41) is 3.23. The van der Waals surface area contributed by atoms with Crippen LogP contribution in [0, 0.1) is 0 Å². The highest BCUT2D eigenvalue weighted by Crippen LogP contribution is 2.30. The molecule has 2 N–H and O–H groups in total. The number of hydrogen-bond donors (Lipinski definition) is 2. The number of para-hydroxylation sites is 1. The van der Waals surface area contributed by atoms with Crippen LogP contribution in [0.15, 0.2) is 18.2 Å². The van der Waals surface area contributed by atoms with Gasteiger partial charge in [0.2, 0.25) is 10.0 Å². The van der Waals surface area contributed by atoms with E-state index in [1.165, 1.54) is 0 Å². The first-order valence-electron chi connectivity index (χ1n) is 6.58. The Hall–Kier alpha value is -1.31. The van der Waals surface area contributed by atoms with E-state index in [2.05, 4.69) is 10.0 Å². The topological polar surface area (TPSA) is 76.7 Å². The van der Waals surface area contributed by atoms with Crippen LogP contribution in [0.1, 0.15) is 19.4 Å². The van der Waals surface area contributed by atoms with E-state index in [0.29, 0.717) is 24.6 Å². The Kier molecular flexibility index (Phi) is 6.00. The van der Waals surface area contributed by atoms with E-state index in [1.807, 2.05) is 32.0 Å². The van der Waals surface area contributed by atoms with Crippen molar-refractivity contribution in [1.82, 2.24) is 10.0 Å². The summed E-state index contributed by atoms with van der Waals surface area (Å²) in [6.07, 6.45) is 1.15. The van der Waals surface area contributed by atoms with Crippen LogP contribution < -0.4 is 19.5 Å². The van der Waals surface area contributed by atoms with Crippen molar-refractivity contribution in [3.63, 3.8) is 0 Å². The molecule has 0 unspecified atom stereocenters. The predicted molar refractivity (Wildman–Crippen MR) is 83.3 cm³/mol. The second-order valence-electron chi connectivity index (χ2n) is 5.51. The SMILES string of the molecule is COc1cccc(CNCC(C)(C)NS(C)(=O)=O)c1OC. The predicted octanol–water partition coefficient (Wildman–Crippen LogP) is 1.12. The smallest absolute Gasteiger partial charge is 0.209 e. The average Bonchev–Trinajstić information content (AvgIpc) is 2.35. The molecule has 0 heterocycles. The van der Waals surface area contributed by atoms with Crippen molar-refractivity contribution in [3.8, 4) is 11.5 Å². The molecule has 0 aliphatic heterocycles.